The molecule has 1 rings (SSSR count). The standard InChI is InChI=1S/C30H47NO11/c1-12-19(6)31-30(25(32)33,42-28(36)41-29(9,10)11)16-22-13-14-23(39-26(34)37-20(7)17(2)3)24(15-22)40-27(35)38-21(8)18(4)5/h13-15,17-21,31H,12,16H2,1-11H3,(H,32,33)/t19?,20?,21?,30-/m0/s1. The molecular formula is C30H47NO11. The van der Waals surface area contributed by atoms with Crippen LogP contribution in [0.25, 0.3) is 0 Å². The molecule has 0 saturated carbocycles. The van der Waals surface area contributed by atoms with Gasteiger partial charge < -0.3 is 33.5 Å². The molecule has 0 radical (unpaired) electrons. The van der Waals surface area contributed by atoms with E-state index in [2.05, 4.69) is 5.32 Å². The summed E-state index contributed by atoms with van der Waals surface area (Å²) in [6.45, 7) is 19.3. The third kappa shape index (κ3) is 12.1. The van der Waals surface area contributed by atoms with Gasteiger partial charge >= 0.3 is 24.4 Å². The fourth-order valence-corrected chi connectivity index (χ4v) is 3.13. The first-order valence-electron chi connectivity index (χ1n) is 14.1. The Morgan fingerprint density at radius 2 is 1.29 bits per heavy atom. The highest BCUT2D eigenvalue weighted by Crippen LogP contribution is 2.32. The van der Waals surface area contributed by atoms with Crippen LogP contribution >= 0.6 is 0 Å². The van der Waals surface area contributed by atoms with Crippen molar-refractivity contribution in [3.05, 3.63) is 23.8 Å². The number of benzene rings is 1. The number of carbonyl (C=O) groups excluding carboxylic acids is 3. The van der Waals surface area contributed by atoms with E-state index in [1.54, 1.807) is 41.5 Å². The number of carbonyl (C=O) groups is 4. The highest BCUT2D eigenvalue weighted by molar-refractivity contribution is 5.80. The SMILES string of the molecule is CCC(C)N[C@@](Cc1ccc(OC(=O)OC(C)C(C)C)c(OC(=O)OC(C)C(C)C)c1)(OC(=O)OC(C)(C)C)C(=O)O. The van der Waals surface area contributed by atoms with E-state index < -0.39 is 54.4 Å². The molecule has 0 fully saturated rings. The summed E-state index contributed by atoms with van der Waals surface area (Å²) in [5.74, 6) is -1.86. The molecule has 0 aliphatic heterocycles. The van der Waals surface area contributed by atoms with Crippen molar-refractivity contribution in [1.82, 2.24) is 5.32 Å². The van der Waals surface area contributed by atoms with E-state index in [4.69, 9.17) is 28.4 Å². The Bertz CT molecular complexity index is 1080. The van der Waals surface area contributed by atoms with Gasteiger partial charge in [0.15, 0.2) is 11.5 Å². The number of hydrogen-bond donors (Lipinski definition) is 2. The van der Waals surface area contributed by atoms with E-state index in [9.17, 15) is 24.3 Å². The number of aliphatic carboxylic acids is 1. The zero-order valence-corrected chi connectivity index (χ0v) is 26.6. The maximum atomic E-state index is 12.6. The number of carboxylic acid groups (broad SMARTS) is 1. The van der Waals surface area contributed by atoms with Crippen molar-refractivity contribution in [1.29, 1.82) is 0 Å². The Hall–Kier alpha value is -3.54. The lowest BCUT2D eigenvalue weighted by atomic mass is 10.00. The summed E-state index contributed by atoms with van der Waals surface area (Å²) in [6, 6.07) is 3.67. The molecule has 12 nitrogen and oxygen atoms in total. The van der Waals surface area contributed by atoms with Gasteiger partial charge in [0.05, 0.1) is 0 Å². The van der Waals surface area contributed by atoms with Crippen LogP contribution in [0.2, 0.25) is 0 Å². The maximum Gasteiger partial charge on any atom is 0.514 e. The molecule has 0 spiro atoms. The van der Waals surface area contributed by atoms with Crippen LogP contribution in [-0.2, 0) is 30.2 Å². The molecular weight excluding hydrogens is 550 g/mol. The number of carboxylic acids is 1. The molecule has 12 heteroatoms. The third-order valence-electron chi connectivity index (χ3n) is 6.37. The van der Waals surface area contributed by atoms with Crippen molar-refractivity contribution < 1.29 is 52.7 Å². The van der Waals surface area contributed by atoms with E-state index in [-0.39, 0.29) is 34.9 Å². The predicted molar refractivity (Wildman–Crippen MR) is 154 cm³/mol. The summed E-state index contributed by atoms with van der Waals surface area (Å²) in [4.78, 5) is 50.3. The molecule has 1 aromatic carbocycles. The first-order valence-corrected chi connectivity index (χ1v) is 14.1. The molecule has 0 heterocycles. The Kier molecular flexibility index (Phi) is 13.6. The quantitative estimate of drug-likeness (QED) is 0.111. The molecule has 2 N–H and O–H groups in total. The highest BCUT2D eigenvalue weighted by atomic mass is 16.8. The fourth-order valence-electron chi connectivity index (χ4n) is 3.13. The lowest BCUT2D eigenvalue weighted by Gasteiger charge is -2.33. The van der Waals surface area contributed by atoms with Crippen LogP contribution < -0.4 is 14.8 Å². The molecule has 0 aliphatic rings. The number of rotatable bonds is 13. The lowest BCUT2D eigenvalue weighted by Crippen LogP contribution is -2.60. The van der Waals surface area contributed by atoms with Crippen LogP contribution in [0.15, 0.2) is 18.2 Å². The molecule has 3 unspecified atom stereocenters. The minimum absolute atomic E-state index is 0.0000748. The second kappa shape index (κ2) is 15.6. The first-order chi connectivity index (χ1) is 19.3. The van der Waals surface area contributed by atoms with Crippen molar-refractivity contribution in [2.24, 2.45) is 11.8 Å². The molecule has 0 saturated heterocycles. The lowest BCUT2D eigenvalue weighted by molar-refractivity contribution is -0.169. The van der Waals surface area contributed by atoms with Crippen LogP contribution in [-0.4, -0.2) is 59.1 Å². The molecule has 238 valence electrons. The summed E-state index contributed by atoms with van der Waals surface area (Å²) in [5, 5.41) is 13.1. The highest BCUT2D eigenvalue weighted by Gasteiger charge is 2.45. The topological polar surface area (TPSA) is 156 Å². The average molecular weight is 598 g/mol. The zero-order chi connectivity index (χ0) is 32.4. The Morgan fingerprint density at radius 3 is 1.71 bits per heavy atom. The van der Waals surface area contributed by atoms with Gasteiger partial charge in [0.1, 0.15) is 17.8 Å². The monoisotopic (exact) mass is 597 g/mol. The second-order valence-electron chi connectivity index (χ2n) is 11.9. The zero-order valence-electron chi connectivity index (χ0n) is 26.6. The van der Waals surface area contributed by atoms with E-state index in [0.29, 0.717) is 6.42 Å². The van der Waals surface area contributed by atoms with Crippen LogP contribution in [0.1, 0.15) is 88.1 Å². The summed E-state index contributed by atoms with van der Waals surface area (Å²) in [7, 11) is 0. The summed E-state index contributed by atoms with van der Waals surface area (Å²) in [5.41, 5.74) is -2.93. The number of ether oxygens (including phenoxy) is 6. The number of nitrogens with one attached hydrogen (secondary N) is 1. The Morgan fingerprint density at radius 1 is 0.786 bits per heavy atom. The van der Waals surface area contributed by atoms with Gasteiger partial charge in [-0.15, -0.1) is 0 Å². The molecule has 0 aromatic heterocycles. The van der Waals surface area contributed by atoms with Crippen LogP contribution in [0.4, 0.5) is 14.4 Å². The molecule has 42 heavy (non-hydrogen) atoms. The van der Waals surface area contributed by atoms with Crippen molar-refractivity contribution in [3.8, 4) is 11.5 Å². The van der Waals surface area contributed by atoms with Crippen molar-refractivity contribution in [2.45, 2.75) is 119 Å². The van der Waals surface area contributed by atoms with Crippen LogP contribution in [0, 0.1) is 11.8 Å². The van der Waals surface area contributed by atoms with Crippen molar-refractivity contribution in [2.75, 3.05) is 0 Å². The summed E-state index contributed by atoms with van der Waals surface area (Å²) < 4.78 is 31.9. The minimum Gasteiger partial charge on any atom is -0.477 e. The van der Waals surface area contributed by atoms with Gasteiger partial charge in [-0.1, -0.05) is 40.7 Å². The van der Waals surface area contributed by atoms with E-state index in [1.807, 2.05) is 34.6 Å². The van der Waals surface area contributed by atoms with E-state index in [0.717, 1.165) is 0 Å². The molecule has 4 atom stereocenters. The smallest absolute Gasteiger partial charge is 0.477 e. The summed E-state index contributed by atoms with van der Waals surface area (Å²) in [6.07, 6.45) is -4.10. The van der Waals surface area contributed by atoms with Gasteiger partial charge in [0, 0.05) is 12.5 Å². The summed E-state index contributed by atoms with van der Waals surface area (Å²) >= 11 is 0. The van der Waals surface area contributed by atoms with Gasteiger partial charge in [-0.2, -0.15) is 0 Å². The van der Waals surface area contributed by atoms with E-state index in [1.165, 1.54) is 18.2 Å². The second-order valence-corrected chi connectivity index (χ2v) is 11.9. The Balaban J connectivity index is 3.51. The first kappa shape index (κ1) is 36.5. The van der Waals surface area contributed by atoms with Gasteiger partial charge in [0.25, 0.3) is 5.72 Å². The Labute approximate surface area is 248 Å². The molecule has 0 bridgehead atoms. The van der Waals surface area contributed by atoms with Gasteiger partial charge in [-0.3, -0.25) is 5.32 Å². The third-order valence-corrected chi connectivity index (χ3v) is 6.37. The maximum absolute atomic E-state index is 12.6. The normalized spacial score (nSPS) is 15.2. The van der Waals surface area contributed by atoms with Crippen LogP contribution in [0.3, 0.4) is 0 Å². The van der Waals surface area contributed by atoms with Crippen molar-refractivity contribution >= 4 is 24.4 Å². The fraction of sp³-hybridized carbons (Fsp3) is 0.667. The molecule has 1 aromatic rings. The average Bonchev–Trinajstić information content (AvgIpc) is 2.83. The van der Waals surface area contributed by atoms with Gasteiger partial charge in [0.2, 0.25) is 0 Å². The van der Waals surface area contributed by atoms with Gasteiger partial charge in [-0.05, 0) is 77.5 Å². The van der Waals surface area contributed by atoms with Gasteiger partial charge in [-0.25, -0.2) is 19.2 Å². The molecule has 0 aliphatic carbocycles. The van der Waals surface area contributed by atoms with Crippen molar-refractivity contribution in [3.63, 3.8) is 0 Å². The van der Waals surface area contributed by atoms with E-state index >= 15 is 0 Å². The predicted octanol–water partition coefficient (Wildman–Crippen LogP) is 6.47. The largest absolute Gasteiger partial charge is 0.514 e. The van der Waals surface area contributed by atoms with Crippen LogP contribution in [0.5, 0.6) is 11.5 Å². The minimum atomic E-state index is -2.25. The number of hydrogen-bond acceptors (Lipinski definition) is 11. The molecule has 0 amide bonds.